The van der Waals surface area contributed by atoms with Gasteiger partial charge in [-0.1, -0.05) is 29.3 Å². The van der Waals surface area contributed by atoms with Gasteiger partial charge in [0, 0.05) is 30.0 Å². The topological polar surface area (TPSA) is 99.9 Å². The number of nitrogens with zero attached hydrogens (tertiary/aromatic N) is 1. The van der Waals surface area contributed by atoms with Gasteiger partial charge in [-0.2, -0.15) is 0 Å². The first-order chi connectivity index (χ1) is 15.8. The molecule has 0 saturated carbocycles. The monoisotopic (exact) mass is 510 g/mol. The minimum Gasteiger partial charge on any atom is -0.480 e. The third kappa shape index (κ3) is 6.79. The van der Waals surface area contributed by atoms with Crippen molar-refractivity contribution >= 4 is 58.8 Å². The molecule has 2 N–H and O–H groups in total. The number of nitrogens with one attached hydrogen (secondary N) is 1. The second kappa shape index (κ2) is 11.6. The van der Waals surface area contributed by atoms with Crippen molar-refractivity contribution in [3.8, 4) is 0 Å². The van der Waals surface area contributed by atoms with E-state index in [0.717, 1.165) is 10.7 Å². The average Bonchev–Trinajstić information content (AvgIpc) is 3.33. The summed E-state index contributed by atoms with van der Waals surface area (Å²) in [5.41, 5.74) is 0.634. The van der Waals surface area contributed by atoms with Gasteiger partial charge in [-0.3, -0.25) is 14.4 Å². The van der Waals surface area contributed by atoms with Crippen molar-refractivity contribution in [3.63, 3.8) is 0 Å². The average molecular weight is 511 g/mol. The molecule has 1 saturated heterocycles. The number of carboxylic acids is 1. The second-order valence-corrected chi connectivity index (χ2v) is 9.42. The third-order valence-electron chi connectivity index (χ3n) is 5.34. The third-order valence-corrected chi connectivity index (χ3v) is 7.43. The molecule has 1 unspecified atom stereocenters. The lowest BCUT2D eigenvalue weighted by molar-refractivity contribution is -0.142. The lowest BCUT2D eigenvalue weighted by Crippen LogP contribution is -2.46. The maximum absolute atomic E-state index is 12.6. The van der Waals surface area contributed by atoms with Crippen LogP contribution in [0.5, 0.6) is 0 Å². The van der Waals surface area contributed by atoms with E-state index in [1.165, 1.54) is 24.8 Å². The molecule has 3 rings (SSSR count). The van der Waals surface area contributed by atoms with E-state index in [9.17, 15) is 14.4 Å². The number of amides is 2. The van der Waals surface area contributed by atoms with Gasteiger partial charge >= 0.3 is 5.97 Å². The number of likely N-dealkylation sites (tertiary alicyclic amines) is 1. The van der Waals surface area contributed by atoms with Crippen LogP contribution in [0.25, 0.3) is 6.08 Å². The number of rotatable bonds is 8. The van der Waals surface area contributed by atoms with Crippen LogP contribution in [0.4, 0.5) is 0 Å². The van der Waals surface area contributed by atoms with Crippen LogP contribution >= 0.6 is 35.0 Å². The van der Waals surface area contributed by atoms with Gasteiger partial charge in [-0.25, -0.2) is 0 Å². The van der Waals surface area contributed by atoms with Crippen molar-refractivity contribution in [2.24, 2.45) is 5.92 Å². The zero-order chi connectivity index (χ0) is 24.0. The maximum Gasteiger partial charge on any atom is 0.325 e. The summed E-state index contributed by atoms with van der Waals surface area (Å²) in [6.45, 7) is 2.25. The fourth-order valence-corrected chi connectivity index (χ4v) is 4.83. The Morgan fingerprint density at radius 2 is 1.97 bits per heavy atom. The van der Waals surface area contributed by atoms with Crippen LogP contribution in [-0.4, -0.2) is 46.9 Å². The van der Waals surface area contributed by atoms with Gasteiger partial charge in [0.15, 0.2) is 0 Å². The van der Waals surface area contributed by atoms with E-state index in [4.69, 9.17) is 32.7 Å². The number of aliphatic carboxylic acids is 1. The second-order valence-electron chi connectivity index (χ2n) is 7.65. The molecule has 7 nitrogen and oxygen atoms in total. The fraction of sp³-hybridized carbons (Fsp3) is 0.348. The summed E-state index contributed by atoms with van der Waals surface area (Å²) in [5.74, 6) is -0.405. The molecule has 1 fully saturated rings. The van der Waals surface area contributed by atoms with E-state index in [2.05, 4.69) is 5.32 Å². The highest BCUT2D eigenvalue weighted by Gasteiger charge is 2.28. The Morgan fingerprint density at radius 3 is 2.61 bits per heavy atom. The summed E-state index contributed by atoms with van der Waals surface area (Å²) in [5, 5.41) is 12.2. The molecular weight excluding hydrogens is 487 g/mol. The van der Waals surface area contributed by atoms with E-state index < -0.39 is 12.0 Å². The lowest BCUT2D eigenvalue weighted by atomic mass is 9.95. The Bertz CT molecular complexity index is 1030. The SMILES string of the molecule is CC(NC(=O)C1CCN(C(=O)/C=C/c2ccc(SCc3ccco3)c(Cl)c2Cl)CC1)C(=O)O. The number of carbonyl (C=O) groups excluding carboxylic acids is 2. The van der Waals surface area contributed by atoms with Crippen LogP contribution in [0.2, 0.25) is 10.0 Å². The fourth-order valence-electron chi connectivity index (χ4n) is 3.35. The smallest absolute Gasteiger partial charge is 0.325 e. The van der Waals surface area contributed by atoms with Crippen LogP contribution in [0.1, 0.15) is 31.1 Å². The maximum atomic E-state index is 12.6. The molecule has 0 radical (unpaired) electrons. The molecule has 1 atom stereocenters. The number of thioether (sulfide) groups is 1. The zero-order valence-corrected chi connectivity index (χ0v) is 20.3. The Kier molecular flexibility index (Phi) is 8.88. The standard InChI is InChI=1S/C23H24Cl2N2O5S/c1-14(23(30)31)26-22(29)16-8-10-27(11-9-16)19(28)7-5-15-4-6-18(21(25)20(15)24)33-13-17-3-2-12-32-17/h2-7,12,14,16H,8-11,13H2,1H3,(H,26,29)(H,30,31)/b7-5+. The number of benzene rings is 1. The predicted molar refractivity (Wildman–Crippen MR) is 128 cm³/mol. The Balaban J connectivity index is 1.53. The molecule has 1 aliphatic rings. The first kappa shape index (κ1) is 25.2. The van der Waals surface area contributed by atoms with Gasteiger partial charge in [-0.05, 0) is 49.6 Å². The number of carbonyl (C=O) groups is 3. The number of hydrogen-bond acceptors (Lipinski definition) is 5. The molecule has 176 valence electrons. The molecule has 0 aliphatic carbocycles. The van der Waals surface area contributed by atoms with Crippen molar-refractivity contribution in [1.29, 1.82) is 0 Å². The number of hydrogen-bond donors (Lipinski definition) is 2. The molecule has 2 heterocycles. The van der Waals surface area contributed by atoms with E-state index in [1.807, 2.05) is 24.3 Å². The number of piperidine rings is 1. The van der Waals surface area contributed by atoms with Gasteiger partial charge in [-0.15, -0.1) is 11.8 Å². The van der Waals surface area contributed by atoms with Crippen molar-refractivity contribution in [1.82, 2.24) is 10.2 Å². The summed E-state index contributed by atoms with van der Waals surface area (Å²) in [4.78, 5) is 38.1. The summed E-state index contributed by atoms with van der Waals surface area (Å²) < 4.78 is 5.32. The van der Waals surface area contributed by atoms with Crippen molar-refractivity contribution in [3.05, 3.63) is 58.0 Å². The van der Waals surface area contributed by atoms with Crippen LogP contribution in [-0.2, 0) is 20.1 Å². The normalized spacial score (nSPS) is 15.5. The Hall–Kier alpha value is -2.42. The van der Waals surface area contributed by atoms with E-state index in [-0.39, 0.29) is 17.7 Å². The van der Waals surface area contributed by atoms with Gasteiger partial charge in [0.1, 0.15) is 11.8 Å². The van der Waals surface area contributed by atoms with Crippen LogP contribution in [0.3, 0.4) is 0 Å². The van der Waals surface area contributed by atoms with Crippen LogP contribution in [0, 0.1) is 5.92 Å². The van der Waals surface area contributed by atoms with Gasteiger partial charge in [0.2, 0.25) is 11.8 Å². The molecule has 0 bridgehead atoms. The largest absolute Gasteiger partial charge is 0.480 e. The van der Waals surface area contributed by atoms with E-state index in [0.29, 0.717) is 47.3 Å². The molecule has 0 spiro atoms. The van der Waals surface area contributed by atoms with Gasteiger partial charge in [0.05, 0.1) is 22.1 Å². The molecule has 2 amide bonds. The van der Waals surface area contributed by atoms with Gasteiger partial charge < -0.3 is 19.7 Å². The van der Waals surface area contributed by atoms with Crippen molar-refractivity contribution < 1.29 is 23.9 Å². The van der Waals surface area contributed by atoms with E-state index >= 15 is 0 Å². The van der Waals surface area contributed by atoms with E-state index in [1.54, 1.807) is 17.2 Å². The first-order valence-electron chi connectivity index (χ1n) is 10.4. The van der Waals surface area contributed by atoms with Crippen molar-refractivity contribution in [2.75, 3.05) is 13.1 Å². The van der Waals surface area contributed by atoms with Crippen LogP contribution < -0.4 is 5.32 Å². The Labute approximate surface area is 206 Å². The molecule has 1 aromatic heterocycles. The Morgan fingerprint density at radius 1 is 1.24 bits per heavy atom. The molecule has 33 heavy (non-hydrogen) atoms. The van der Waals surface area contributed by atoms with Crippen molar-refractivity contribution in [2.45, 2.75) is 36.5 Å². The summed E-state index contributed by atoms with van der Waals surface area (Å²) >= 11 is 14.3. The highest BCUT2D eigenvalue weighted by molar-refractivity contribution is 7.98. The van der Waals surface area contributed by atoms with Gasteiger partial charge in [0.25, 0.3) is 0 Å². The zero-order valence-electron chi connectivity index (χ0n) is 17.9. The summed E-state index contributed by atoms with van der Waals surface area (Å²) in [6, 6.07) is 6.44. The molecule has 1 aliphatic heterocycles. The highest BCUT2D eigenvalue weighted by Crippen LogP contribution is 2.37. The predicted octanol–water partition coefficient (Wildman–Crippen LogP) is 4.72. The number of halogens is 2. The number of furan rings is 1. The minimum absolute atomic E-state index is 0.184. The first-order valence-corrected chi connectivity index (χ1v) is 12.1. The lowest BCUT2D eigenvalue weighted by Gasteiger charge is -2.31. The molecular formula is C23H24Cl2N2O5S. The molecule has 1 aromatic carbocycles. The summed E-state index contributed by atoms with van der Waals surface area (Å²) in [6.07, 6.45) is 5.65. The minimum atomic E-state index is -1.08. The molecule has 10 heteroatoms. The quantitative estimate of drug-likeness (QED) is 0.393. The number of carboxylic acid groups (broad SMARTS) is 1. The highest BCUT2D eigenvalue weighted by atomic mass is 35.5. The summed E-state index contributed by atoms with van der Waals surface area (Å²) in [7, 11) is 0. The van der Waals surface area contributed by atoms with Crippen LogP contribution in [0.15, 0.2) is 45.9 Å². The molecule has 2 aromatic rings.